The highest BCUT2D eigenvalue weighted by Crippen LogP contribution is 2.48. The van der Waals surface area contributed by atoms with Gasteiger partial charge in [-0.25, -0.2) is 4.79 Å². The minimum atomic E-state index is -1.46. The van der Waals surface area contributed by atoms with E-state index in [1.165, 1.54) is 12.0 Å². The molecule has 5 nitrogen and oxygen atoms in total. The number of esters is 1. The van der Waals surface area contributed by atoms with Crippen molar-refractivity contribution >= 4 is 29.2 Å². The van der Waals surface area contributed by atoms with Crippen molar-refractivity contribution in [1.29, 1.82) is 0 Å². The van der Waals surface area contributed by atoms with E-state index in [-0.39, 0.29) is 5.91 Å². The largest absolute Gasteiger partial charge is 0.497 e. The monoisotopic (exact) mass is 345 g/mol. The van der Waals surface area contributed by atoms with Gasteiger partial charge in [-0.15, -0.1) is 11.6 Å². The summed E-state index contributed by atoms with van der Waals surface area (Å²) >= 11 is 6.61. The number of carbonyl (C=O) groups excluding carboxylic acids is 2. The van der Waals surface area contributed by atoms with Gasteiger partial charge in [0, 0.05) is 5.69 Å². The summed E-state index contributed by atoms with van der Waals surface area (Å²) in [6.07, 6.45) is 0. The Labute approximate surface area is 144 Å². The zero-order valence-electron chi connectivity index (χ0n) is 13.2. The normalized spacial score (nSPS) is 22.7. The van der Waals surface area contributed by atoms with E-state index in [0.29, 0.717) is 17.0 Å². The molecule has 2 atom stereocenters. The predicted octanol–water partition coefficient (Wildman–Crippen LogP) is 2.72. The summed E-state index contributed by atoms with van der Waals surface area (Å²) in [5.41, 5.74) is 1.13. The Bertz CT molecular complexity index is 762. The average Bonchev–Trinajstić information content (AvgIpc) is 2.65. The summed E-state index contributed by atoms with van der Waals surface area (Å²) in [4.78, 5) is 25.0. The molecule has 2 aromatic rings. The van der Waals surface area contributed by atoms with Gasteiger partial charge in [0.05, 0.1) is 14.2 Å². The second kappa shape index (κ2) is 6.17. The van der Waals surface area contributed by atoms with Crippen molar-refractivity contribution in [3.05, 3.63) is 60.2 Å². The fraction of sp³-hybridized carbons (Fsp3) is 0.222. The lowest BCUT2D eigenvalue weighted by Crippen LogP contribution is -2.72. The standard InChI is InChI=1S/C18H16ClNO4/c1-23-14-10-8-13(9-11-14)20-15(16(21)24-2)18(19,17(20)22)12-6-4-3-5-7-12/h3-11,15H,1-2H3/t15-,18-/m1/s1. The van der Waals surface area contributed by atoms with Gasteiger partial charge in [0.15, 0.2) is 10.9 Å². The summed E-state index contributed by atoms with van der Waals surface area (Å²) in [5, 5.41) is 0. The Morgan fingerprint density at radius 2 is 1.71 bits per heavy atom. The van der Waals surface area contributed by atoms with Crippen LogP contribution in [0.3, 0.4) is 0 Å². The van der Waals surface area contributed by atoms with Crippen molar-refractivity contribution in [3.63, 3.8) is 0 Å². The molecule has 1 aliphatic rings. The first-order valence-corrected chi connectivity index (χ1v) is 7.71. The summed E-state index contributed by atoms with van der Waals surface area (Å²) in [5.74, 6) is -0.276. The Balaban J connectivity index is 2.02. The highest BCUT2D eigenvalue weighted by molar-refractivity contribution is 6.43. The van der Waals surface area contributed by atoms with E-state index in [0.717, 1.165) is 0 Å². The predicted molar refractivity (Wildman–Crippen MR) is 90.3 cm³/mol. The number of alkyl halides is 1. The number of anilines is 1. The third kappa shape index (κ3) is 2.32. The number of hydrogen-bond donors (Lipinski definition) is 0. The molecule has 0 bridgehead atoms. The van der Waals surface area contributed by atoms with Gasteiger partial charge < -0.3 is 9.47 Å². The lowest BCUT2D eigenvalue weighted by atomic mass is 9.80. The van der Waals surface area contributed by atoms with E-state index < -0.39 is 16.9 Å². The van der Waals surface area contributed by atoms with Crippen LogP contribution >= 0.6 is 11.6 Å². The van der Waals surface area contributed by atoms with Gasteiger partial charge in [-0.2, -0.15) is 0 Å². The molecular formula is C18H16ClNO4. The summed E-state index contributed by atoms with van der Waals surface area (Å²) in [6.45, 7) is 0. The number of amides is 1. The van der Waals surface area contributed by atoms with Crippen molar-refractivity contribution < 1.29 is 19.1 Å². The number of nitrogens with zero attached hydrogens (tertiary/aromatic N) is 1. The first-order chi connectivity index (χ1) is 11.5. The Morgan fingerprint density at radius 3 is 2.25 bits per heavy atom. The SMILES string of the molecule is COC(=O)[C@H]1N(c2ccc(OC)cc2)C(=O)[C@@]1(Cl)c1ccccc1. The van der Waals surface area contributed by atoms with Crippen molar-refractivity contribution in [2.24, 2.45) is 0 Å². The van der Waals surface area contributed by atoms with E-state index in [2.05, 4.69) is 0 Å². The average molecular weight is 346 g/mol. The van der Waals surface area contributed by atoms with Crippen LogP contribution in [0.25, 0.3) is 0 Å². The maximum absolute atomic E-state index is 12.8. The molecule has 24 heavy (non-hydrogen) atoms. The van der Waals surface area contributed by atoms with Gasteiger partial charge in [-0.05, 0) is 29.8 Å². The molecule has 1 saturated heterocycles. The van der Waals surface area contributed by atoms with Crippen molar-refractivity contribution in [3.8, 4) is 5.75 Å². The molecule has 1 heterocycles. The molecule has 0 N–H and O–H groups in total. The minimum Gasteiger partial charge on any atom is -0.497 e. The third-order valence-corrected chi connectivity index (χ3v) is 4.72. The van der Waals surface area contributed by atoms with Crippen LogP contribution < -0.4 is 9.64 Å². The highest BCUT2D eigenvalue weighted by Gasteiger charge is 2.65. The number of halogens is 1. The fourth-order valence-corrected chi connectivity index (χ4v) is 3.28. The van der Waals surface area contributed by atoms with Gasteiger partial charge in [-0.1, -0.05) is 30.3 Å². The molecule has 6 heteroatoms. The molecule has 0 aromatic heterocycles. The minimum absolute atomic E-state index is 0.365. The smallest absolute Gasteiger partial charge is 0.331 e. The van der Waals surface area contributed by atoms with E-state index in [1.54, 1.807) is 55.6 Å². The number of β-lactam (4-membered cyclic amide) rings is 1. The van der Waals surface area contributed by atoms with Crippen molar-refractivity contribution in [1.82, 2.24) is 0 Å². The molecule has 124 valence electrons. The topological polar surface area (TPSA) is 55.8 Å². The number of benzene rings is 2. The molecule has 1 amide bonds. The number of rotatable bonds is 4. The van der Waals surface area contributed by atoms with Gasteiger partial charge in [0.1, 0.15) is 5.75 Å². The van der Waals surface area contributed by atoms with Crippen LogP contribution in [-0.4, -0.2) is 32.1 Å². The lowest BCUT2D eigenvalue weighted by molar-refractivity contribution is -0.150. The van der Waals surface area contributed by atoms with Crippen LogP contribution in [0, 0.1) is 0 Å². The molecule has 0 unspecified atom stereocenters. The number of hydrogen-bond acceptors (Lipinski definition) is 4. The van der Waals surface area contributed by atoms with Crippen LogP contribution in [0.4, 0.5) is 5.69 Å². The fourth-order valence-electron chi connectivity index (χ4n) is 2.87. The first kappa shape index (κ1) is 16.3. The molecule has 2 aromatic carbocycles. The maximum atomic E-state index is 12.8. The molecular weight excluding hydrogens is 330 g/mol. The van der Waals surface area contributed by atoms with Gasteiger partial charge in [0.25, 0.3) is 5.91 Å². The third-order valence-electron chi connectivity index (χ3n) is 4.13. The molecule has 0 aliphatic carbocycles. The Hall–Kier alpha value is -2.53. The summed E-state index contributed by atoms with van der Waals surface area (Å²) < 4.78 is 9.99. The van der Waals surface area contributed by atoms with E-state index in [9.17, 15) is 9.59 Å². The first-order valence-electron chi connectivity index (χ1n) is 7.34. The number of ether oxygens (including phenoxy) is 2. The highest BCUT2D eigenvalue weighted by atomic mass is 35.5. The van der Waals surface area contributed by atoms with E-state index in [1.807, 2.05) is 6.07 Å². The van der Waals surface area contributed by atoms with Crippen molar-refractivity contribution in [2.45, 2.75) is 10.9 Å². The quantitative estimate of drug-likeness (QED) is 0.486. The number of methoxy groups -OCH3 is 2. The zero-order chi connectivity index (χ0) is 17.3. The van der Waals surface area contributed by atoms with Crippen LogP contribution in [0.2, 0.25) is 0 Å². The second-order valence-corrected chi connectivity index (χ2v) is 5.97. The van der Waals surface area contributed by atoms with E-state index in [4.69, 9.17) is 21.1 Å². The Morgan fingerprint density at radius 1 is 1.08 bits per heavy atom. The Kier molecular flexibility index (Phi) is 4.20. The summed E-state index contributed by atoms with van der Waals surface area (Å²) in [6, 6.07) is 14.7. The van der Waals surface area contributed by atoms with Gasteiger partial charge in [-0.3, -0.25) is 9.69 Å². The molecule has 0 spiro atoms. The van der Waals surface area contributed by atoms with Crippen LogP contribution in [0.15, 0.2) is 54.6 Å². The van der Waals surface area contributed by atoms with Crippen molar-refractivity contribution in [2.75, 3.05) is 19.1 Å². The molecule has 0 radical (unpaired) electrons. The molecule has 1 aliphatic heterocycles. The van der Waals surface area contributed by atoms with Gasteiger partial charge in [0.2, 0.25) is 0 Å². The maximum Gasteiger partial charge on any atom is 0.331 e. The zero-order valence-corrected chi connectivity index (χ0v) is 14.0. The molecule has 3 rings (SSSR count). The van der Waals surface area contributed by atoms with Gasteiger partial charge >= 0.3 is 5.97 Å². The lowest BCUT2D eigenvalue weighted by Gasteiger charge is -2.50. The molecule has 1 fully saturated rings. The second-order valence-electron chi connectivity index (χ2n) is 5.38. The summed E-state index contributed by atoms with van der Waals surface area (Å²) in [7, 11) is 2.83. The molecule has 0 saturated carbocycles. The number of carbonyl (C=O) groups is 2. The van der Waals surface area contributed by atoms with Crippen LogP contribution in [0.1, 0.15) is 5.56 Å². The van der Waals surface area contributed by atoms with E-state index >= 15 is 0 Å². The van der Waals surface area contributed by atoms with Crippen LogP contribution in [-0.2, 0) is 19.2 Å². The van der Waals surface area contributed by atoms with Crippen LogP contribution in [0.5, 0.6) is 5.75 Å².